The number of amides is 2. The highest BCUT2D eigenvalue weighted by Gasteiger charge is 2.40. The lowest BCUT2D eigenvalue weighted by atomic mass is 9.88. The lowest BCUT2D eigenvalue weighted by Crippen LogP contribution is -2.55. The van der Waals surface area contributed by atoms with Gasteiger partial charge in [0.15, 0.2) is 0 Å². The number of carboxylic acids is 1. The molecular formula is C43H40FN3O6. The van der Waals surface area contributed by atoms with Gasteiger partial charge in [-0.15, -0.1) is 0 Å². The molecule has 0 bridgehead atoms. The predicted molar refractivity (Wildman–Crippen MR) is 199 cm³/mol. The first-order valence-corrected chi connectivity index (χ1v) is 17.7. The number of nitrogens with one attached hydrogen (secondary N) is 1. The molecule has 0 unspecified atom stereocenters. The summed E-state index contributed by atoms with van der Waals surface area (Å²) in [7, 11) is 1.69. The van der Waals surface area contributed by atoms with Crippen LogP contribution in [0.1, 0.15) is 53.3 Å². The first kappa shape index (κ1) is 35.4. The van der Waals surface area contributed by atoms with E-state index in [0.29, 0.717) is 36.4 Å². The summed E-state index contributed by atoms with van der Waals surface area (Å²) in [6, 6.07) is 31.6. The van der Waals surface area contributed by atoms with E-state index in [0.717, 1.165) is 33.4 Å². The Kier molecular flexibility index (Phi) is 9.97. The zero-order valence-corrected chi connectivity index (χ0v) is 29.4. The summed E-state index contributed by atoms with van der Waals surface area (Å²) in [5.41, 5.74) is 6.50. The van der Waals surface area contributed by atoms with E-state index in [2.05, 4.69) is 17.1 Å². The first-order valence-electron chi connectivity index (χ1n) is 17.7. The predicted octanol–water partition coefficient (Wildman–Crippen LogP) is 6.98. The molecule has 0 aliphatic carbocycles. The summed E-state index contributed by atoms with van der Waals surface area (Å²) in [5, 5.41) is 22.9. The van der Waals surface area contributed by atoms with Crippen LogP contribution in [0.4, 0.5) is 10.1 Å². The number of nitrogens with zero attached hydrogens (tertiary/aromatic N) is 2. The van der Waals surface area contributed by atoms with Gasteiger partial charge < -0.3 is 25.2 Å². The Balaban J connectivity index is 1.17. The largest absolute Gasteiger partial charge is 0.508 e. The second-order valence-corrected chi connectivity index (χ2v) is 13.6. The summed E-state index contributed by atoms with van der Waals surface area (Å²) < 4.78 is 19.7. The maximum absolute atomic E-state index is 14.3. The molecule has 5 aromatic rings. The van der Waals surface area contributed by atoms with Gasteiger partial charge in [0.25, 0.3) is 5.91 Å². The van der Waals surface area contributed by atoms with E-state index in [1.54, 1.807) is 36.2 Å². The number of halogens is 1. The van der Waals surface area contributed by atoms with E-state index in [-0.39, 0.29) is 29.9 Å². The number of rotatable bonds is 10. The molecule has 10 heteroatoms. The minimum absolute atomic E-state index is 0.0733. The zero-order valence-electron chi connectivity index (χ0n) is 29.4. The van der Waals surface area contributed by atoms with Crippen molar-refractivity contribution in [2.45, 2.75) is 57.0 Å². The summed E-state index contributed by atoms with van der Waals surface area (Å²) >= 11 is 0. The van der Waals surface area contributed by atoms with Crippen molar-refractivity contribution in [1.82, 2.24) is 10.2 Å². The molecule has 2 amide bonds. The number of benzene rings is 5. The smallest absolute Gasteiger partial charge is 0.326 e. The lowest BCUT2D eigenvalue weighted by Gasteiger charge is -2.42. The van der Waals surface area contributed by atoms with Crippen molar-refractivity contribution in [1.29, 1.82) is 0 Å². The van der Waals surface area contributed by atoms with E-state index in [9.17, 15) is 29.0 Å². The van der Waals surface area contributed by atoms with Crippen molar-refractivity contribution in [2.24, 2.45) is 0 Å². The third kappa shape index (κ3) is 7.36. The quantitative estimate of drug-likeness (QED) is 0.143. The van der Waals surface area contributed by atoms with Crippen LogP contribution in [0.3, 0.4) is 0 Å². The van der Waals surface area contributed by atoms with Gasteiger partial charge in [-0.25, -0.2) is 9.18 Å². The van der Waals surface area contributed by atoms with Gasteiger partial charge in [0.05, 0.1) is 11.7 Å². The van der Waals surface area contributed by atoms with E-state index < -0.39 is 30.1 Å². The van der Waals surface area contributed by atoms with Crippen molar-refractivity contribution < 1.29 is 33.7 Å². The molecule has 2 heterocycles. The second kappa shape index (κ2) is 14.9. The topological polar surface area (TPSA) is 119 Å². The first-order chi connectivity index (χ1) is 25.6. The number of hydrogen-bond acceptors (Lipinski definition) is 6. The van der Waals surface area contributed by atoms with Crippen molar-refractivity contribution >= 4 is 23.5 Å². The van der Waals surface area contributed by atoms with Gasteiger partial charge in [-0.3, -0.25) is 14.5 Å². The number of aliphatic carboxylic acids is 1. The molecule has 2 aliphatic heterocycles. The van der Waals surface area contributed by atoms with Crippen molar-refractivity contribution in [3.63, 3.8) is 0 Å². The highest BCUT2D eigenvalue weighted by atomic mass is 19.1. The third-order valence-corrected chi connectivity index (χ3v) is 10.3. The molecule has 5 aromatic carbocycles. The Morgan fingerprint density at radius 3 is 2.21 bits per heavy atom. The molecule has 0 aromatic heterocycles. The van der Waals surface area contributed by atoms with Crippen LogP contribution in [-0.4, -0.2) is 52.0 Å². The highest BCUT2D eigenvalue weighted by Crippen LogP contribution is 2.43. The Hall–Kier alpha value is -6.00. The van der Waals surface area contributed by atoms with Crippen LogP contribution in [0.2, 0.25) is 0 Å². The summed E-state index contributed by atoms with van der Waals surface area (Å²) in [6.45, 7) is 2.46. The highest BCUT2D eigenvalue weighted by molar-refractivity contribution is 6.00. The maximum Gasteiger partial charge on any atom is 0.326 e. The average molecular weight is 714 g/mol. The minimum Gasteiger partial charge on any atom is -0.508 e. The molecule has 3 N–H and O–H groups in total. The van der Waals surface area contributed by atoms with Gasteiger partial charge in [-0.2, -0.15) is 0 Å². The number of anilines is 1. The number of likely N-dealkylation sites (N-methyl/N-ethyl adjacent to an activating group) is 1. The number of carbonyl (C=O) groups is 3. The molecule has 2 aliphatic rings. The molecular weight excluding hydrogens is 673 g/mol. The number of phenols is 1. The number of carbonyl (C=O) groups excluding carboxylic acids is 2. The van der Waals surface area contributed by atoms with E-state index in [1.165, 1.54) is 24.3 Å². The van der Waals surface area contributed by atoms with E-state index in [1.807, 2.05) is 66.7 Å². The van der Waals surface area contributed by atoms with Crippen LogP contribution in [0.15, 0.2) is 115 Å². The minimum atomic E-state index is -1.18. The molecule has 0 radical (unpaired) electrons. The number of hydrogen-bond donors (Lipinski definition) is 3. The molecule has 0 saturated heterocycles. The van der Waals surface area contributed by atoms with Gasteiger partial charge in [0, 0.05) is 31.6 Å². The summed E-state index contributed by atoms with van der Waals surface area (Å²) in [4.78, 5) is 44.1. The fourth-order valence-corrected chi connectivity index (χ4v) is 7.40. The molecule has 0 saturated carbocycles. The maximum atomic E-state index is 14.3. The number of fused-ring (bicyclic) bond motifs is 2. The van der Waals surface area contributed by atoms with E-state index in [4.69, 9.17) is 4.74 Å². The normalized spacial score (nSPS) is 17.9. The fourth-order valence-electron chi connectivity index (χ4n) is 7.40. The van der Waals surface area contributed by atoms with Gasteiger partial charge in [-0.05, 0) is 82.6 Å². The van der Waals surface area contributed by atoms with Crippen molar-refractivity contribution in [2.75, 3.05) is 11.9 Å². The number of carboxylic acid groups (broad SMARTS) is 1. The van der Waals surface area contributed by atoms with Gasteiger partial charge >= 0.3 is 5.97 Å². The van der Waals surface area contributed by atoms with Crippen LogP contribution in [0.5, 0.6) is 11.5 Å². The number of ether oxygens (including phenoxy) is 1. The van der Waals surface area contributed by atoms with Gasteiger partial charge in [0.1, 0.15) is 23.4 Å². The van der Waals surface area contributed by atoms with Crippen molar-refractivity contribution in [3.05, 3.63) is 149 Å². The fraction of sp³-hybridized carbons (Fsp3) is 0.233. The number of phenolic OH excluding ortho intramolecular Hbond substituents is 1. The summed E-state index contributed by atoms with van der Waals surface area (Å²) in [6.07, 6.45) is 0.182. The summed E-state index contributed by atoms with van der Waals surface area (Å²) in [5.74, 6) is -1.50. The third-order valence-electron chi connectivity index (χ3n) is 10.3. The van der Waals surface area contributed by atoms with Crippen LogP contribution >= 0.6 is 0 Å². The Bertz CT molecular complexity index is 2120. The molecule has 53 heavy (non-hydrogen) atoms. The molecule has 4 atom stereocenters. The standard InChI is InChI=1S/C43H40FN3O6/c1-3-36(29-7-5-4-6-8-29)47-25-32-24-39-37(46(2)42(50)40(53-39)30-15-19-34(48)20-16-30)22-31(32)23-38(47)41(49)45-35(43(51)52)21-26-9-11-27(12-10-26)28-13-17-33(44)18-14-28/h4-20,22,24,35-36,38,40,48H,3,21,23,25H2,1-2H3,(H,45,49)(H,51,52)/t35-,36-,38-,40+/m0/s1. The molecule has 270 valence electrons. The molecule has 7 rings (SSSR count). The monoisotopic (exact) mass is 713 g/mol. The van der Waals surface area contributed by atoms with Crippen LogP contribution < -0.4 is 15.0 Å². The molecule has 9 nitrogen and oxygen atoms in total. The lowest BCUT2D eigenvalue weighted by molar-refractivity contribution is -0.143. The Morgan fingerprint density at radius 2 is 1.57 bits per heavy atom. The van der Waals surface area contributed by atoms with Gasteiger partial charge in [-0.1, -0.05) is 85.8 Å². The number of aromatic hydroxyl groups is 1. The Labute approximate surface area is 307 Å². The second-order valence-electron chi connectivity index (χ2n) is 13.6. The van der Waals surface area contributed by atoms with Crippen LogP contribution in [0.25, 0.3) is 11.1 Å². The van der Waals surface area contributed by atoms with E-state index >= 15 is 0 Å². The molecule has 0 spiro atoms. The van der Waals surface area contributed by atoms with Crippen LogP contribution in [0, 0.1) is 5.82 Å². The zero-order chi connectivity index (χ0) is 37.2. The average Bonchev–Trinajstić information content (AvgIpc) is 3.17. The van der Waals surface area contributed by atoms with Gasteiger partial charge in [0.2, 0.25) is 12.0 Å². The molecule has 0 fully saturated rings. The Morgan fingerprint density at radius 1 is 0.906 bits per heavy atom. The van der Waals surface area contributed by atoms with Crippen molar-refractivity contribution in [3.8, 4) is 22.6 Å². The SMILES string of the molecule is CC[C@@H](c1ccccc1)N1Cc2cc3c(cc2C[C@H]1C(=O)N[C@@H](Cc1ccc(-c2ccc(F)cc2)cc1)C(=O)O)N(C)C(=O)[C@@H](c1ccc(O)cc1)O3. The van der Waals surface area contributed by atoms with Crippen LogP contribution in [-0.2, 0) is 33.8 Å².